The second-order valence-corrected chi connectivity index (χ2v) is 18.7. The normalized spacial score (nSPS) is 28.6. The van der Waals surface area contributed by atoms with Crippen LogP contribution in [0.1, 0.15) is 72.6 Å². The molecule has 16 nitrogen and oxygen atoms in total. The van der Waals surface area contributed by atoms with Crippen LogP contribution in [-0.4, -0.2) is 132 Å². The standard InChI is InChI=1S/C40H51F4N5O11S/c1-7-29-31(49(36(53)54)37(3,4)40(42,43)44)34(51)48-20-26(60-33-27-13-12-25(57-5)16-23(27)17-30(45-33)58-6)18-28(48)32(50)46-39(19-24(39)11-9-8-10-22(2)59-29)35(52)47-61(55,56)38(21-41)14-15-38/h9,11-13,16-17,22,24,26,28-29,31H,7-8,10,14-15,18-21H2,1-6H3,(H,46,50)(H,47,52)(H,53,54)/b11-9-/t22-,24-,26-,28+,29+,31+,39-/m1/s1. The van der Waals surface area contributed by atoms with Gasteiger partial charge < -0.3 is 34.3 Å². The zero-order valence-electron chi connectivity index (χ0n) is 34.6. The number of sulfonamides is 1. The van der Waals surface area contributed by atoms with Crippen LogP contribution < -0.4 is 24.2 Å². The molecule has 21 heteroatoms. The van der Waals surface area contributed by atoms with E-state index in [9.17, 15) is 45.5 Å². The van der Waals surface area contributed by atoms with Crippen LogP contribution in [0, 0.1) is 5.92 Å². The molecule has 4 amide bonds. The molecule has 0 bridgehead atoms. The van der Waals surface area contributed by atoms with E-state index in [1.807, 2.05) is 4.72 Å². The summed E-state index contributed by atoms with van der Waals surface area (Å²) < 4.78 is 108. The molecule has 2 saturated carbocycles. The van der Waals surface area contributed by atoms with Crippen LogP contribution in [-0.2, 0) is 29.1 Å². The number of alkyl halides is 4. The molecule has 3 fully saturated rings. The number of ether oxygens (including phenoxy) is 4. The van der Waals surface area contributed by atoms with Crippen molar-refractivity contribution in [1.29, 1.82) is 0 Å². The fourth-order valence-corrected chi connectivity index (χ4v) is 9.48. The number of rotatable bonds is 11. The highest BCUT2D eigenvalue weighted by Crippen LogP contribution is 2.48. The Morgan fingerprint density at radius 3 is 2.44 bits per heavy atom. The van der Waals surface area contributed by atoms with Gasteiger partial charge in [0.05, 0.1) is 33.0 Å². The van der Waals surface area contributed by atoms with Crippen LogP contribution in [0.5, 0.6) is 17.5 Å². The number of amides is 4. The van der Waals surface area contributed by atoms with Gasteiger partial charge in [0.2, 0.25) is 33.6 Å². The SMILES string of the molecule is CC[C@@H]1O[C@H](C)CC/C=C\[C@@H]2C[C@@]2(C(=O)NS(=O)(=O)C2(CF)CC2)NC(=O)[C@@H]2C[C@@H](Oc3nc(OC)cc4cc(OC)ccc34)CN2C(=O)[C@H]1N(C(=O)O)C(C)(C)C(F)(F)F. The maximum Gasteiger partial charge on any atom is 0.411 e. The fraction of sp³-hybridized carbons (Fsp3) is 0.625. The van der Waals surface area contributed by atoms with Gasteiger partial charge in [-0.15, -0.1) is 0 Å². The number of nitrogens with zero attached hydrogens (tertiary/aromatic N) is 3. The molecule has 1 aromatic carbocycles. The first-order valence-corrected chi connectivity index (χ1v) is 21.4. The van der Waals surface area contributed by atoms with Gasteiger partial charge in [-0.3, -0.25) is 24.0 Å². The zero-order chi connectivity index (χ0) is 44.9. The van der Waals surface area contributed by atoms with Crippen LogP contribution in [0.2, 0.25) is 0 Å². The second kappa shape index (κ2) is 16.7. The van der Waals surface area contributed by atoms with E-state index in [1.54, 1.807) is 43.3 Å². The molecule has 0 radical (unpaired) electrons. The molecule has 0 spiro atoms. The molecule has 0 unspecified atom stereocenters. The number of carboxylic acid groups (broad SMARTS) is 1. The lowest BCUT2D eigenvalue weighted by atomic mass is 9.95. The molecule has 2 aliphatic carbocycles. The molecule has 2 aliphatic heterocycles. The van der Waals surface area contributed by atoms with Gasteiger partial charge in [-0.05, 0) is 82.9 Å². The van der Waals surface area contributed by atoms with Crippen molar-refractivity contribution in [2.45, 2.75) is 125 Å². The Balaban J connectivity index is 1.45. The number of carbonyl (C=O) groups excluding carboxylic acids is 3. The van der Waals surface area contributed by atoms with E-state index in [1.165, 1.54) is 21.1 Å². The van der Waals surface area contributed by atoms with E-state index in [2.05, 4.69) is 10.3 Å². The van der Waals surface area contributed by atoms with Crippen molar-refractivity contribution >= 4 is 44.6 Å². The summed E-state index contributed by atoms with van der Waals surface area (Å²) in [5.74, 6) is -3.48. The molecule has 3 heterocycles. The first kappa shape index (κ1) is 45.6. The fourth-order valence-electron chi connectivity index (χ4n) is 8.05. The number of fused-ring (bicyclic) bond motifs is 3. The van der Waals surface area contributed by atoms with Crippen molar-refractivity contribution in [3.05, 3.63) is 36.4 Å². The summed E-state index contributed by atoms with van der Waals surface area (Å²) in [7, 11) is -1.69. The number of methoxy groups -OCH3 is 2. The van der Waals surface area contributed by atoms with Gasteiger partial charge in [-0.1, -0.05) is 19.1 Å². The van der Waals surface area contributed by atoms with Gasteiger partial charge in [0.1, 0.15) is 46.4 Å². The summed E-state index contributed by atoms with van der Waals surface area (Å²) in [6, 6.07) is 2.81. The molecule has 1 saturated heterocycles. The van der Waals surface area contributed by atoms with Crippen LogP contribution >= 0.6 is 0 Å². The van der Waals surface area contributed by atoms with Gasteiger partial charge in [-0.2, -0.15) is 18.2 Å². The third-order valence-corrected chi connectivity index (χ3v) is 14.3. The highest BCUT2D eigenvalue weighted by Gasteiger charge is 2.65. The van der Waals surface area contributed by atoms with Crippen LogP contribution in [0.25, 0.3) is 10.8 Å². The monoisotopic (exact) mass is 885 g/mol. The van der Waals surface area contributed by atoms with Gasteiger partial charge in [0.25, 0.3) is 5.91 Å². The Labute approximate surface area is 350 Å². The zero-order valence-corrected chi connectivity index (χ0v) is 35.4. The molecule has 2 aromatic rings. The number of allylic oxidation sites excluding steroid dienone is 1. The first-order valence-electron chi connectivity index (χ1n) is 19.9. The number of pyridine rings is 1. The van der Waals surface area contributed by atoms with E-state index >= 15 is 4.79 Å². The van der Waals surface area contributed by atoms with Gasteiger partial charge in [-0.25, -0.2) is 17.6 Å². The number of hydrogen-bond donors (Lipinski definition) is 3. The number of aromatic nitrogens is 1. The Morgan fingerprint density at radius 2 is 1.85 bits per heavy atom. The molecule has 3 N–H and O–H groups in total. The first-order chi connectivity index (χ1) is 28.6. The molecule has 6 rings (SSSR count). The molecular formula is C40H51F4N5O11S. The number of hydrogen-bond acceptors (Lipinski definition) is 11. The third kappa shape index (κ3) is 8.63. The second-order valence-electron chi connectivity index (χ2n) is 16.6. The summed E-state index contributed by atoms with van der Waals surface area (Å²) in [5, 5.41) is 14.2. The minimum atomic E-state index is -5.19. The summed E-state index contributed by atoms with van der Waals surface area (Å²) >= 11 is 0. The lowest BCUT2D eigenvalue weighted by molar-refractivity contribution is -0.226. The maximum absolute atomic E-state index is 15.1. The summed E-state index contributed by atoms with van der Waals surface area (Å²) in [6.45, 7) is 2.67. The highest BCUT2D eigenvalue weighted by atomic mass is 32.2. The molecule has 7 atom stereocenters. The van der Waals surface area contributed by atoms with Crippen molar-refractivity contribution in [2.75, 3.05) is 27.4 Å². The number of carbonyl (C=O) groups is 4. The van der Waals surface area contributed by atoms with Gasteiger partial charge in [0, 0.05) is 23.8 Å². The Hall–Kier alpha value is -4.92. The summed E-state index contributed by atoms with van der Waals surface area (Å²) in [5.41, 5.74) is -5.04. The average Bonchev–Trinajstić information content (AvgIpc) is 4.10. The predicted molar refractivity (Wildman–Crippen MR) is 210 cm³/mol. The third-order valence-electron chi connectivity index (χ3n) is 12.2. The van der Waals surface area contributed by atoms with Crippen molar-refractivity contribution in [3.8, 4) is 17.5 Å². The van der Waals surface area contributed by atoms with Crippen molar-refractivity contribution < 1.29 is 69.2 Å². The minimum absolute atomic E-state index is 0.00145. The van der Waals surface area contributed by atoms with Gasteiger partial charge in [0.15, 0.2) is 0 Å². The Bertz CT molecular complexity index is 2180. The van der Waals surface area contributed by atoms with E-state index in [4.69, 9.17) is 18.9 Å². The van der Waals surface area contributed by atoms with E-state index in [0.717, 1.165) is 4.90 Å². The summed E-state index contributed by atoms with van der Waals surface area (Å²) in [6.07, 6.45) is -7.31. The van der Waals surface area contributed by atoms with Crippen molar-refractivity contribution in [1.82, 2.24) is 24.8 Å². The smallest absolute Gasteiger partial charge is 0.411 e. The molecular weight excluding hydrogens is 835 g/mol. The average molecular weight is 886 g/mol. The van der Waals surface area contributed by atoms with Gasteiger partial charge >= 0.3 is 12.3 Å². The predicted octanol–water partition coefficient (Wildman–Crippen LogP) is 4.65. The molecule has 61 heavy (non-hydrogen) atoms. The number of benzene rings is 1. The summed E-state index contributed by atoms with van der Waals surface area (Å²) in [4.78, 5) is 62.1. The van der Waals surface area contributed by atoms with Crippen LogP contribution in [0.15, 0.2) is 36.4 Å². The lowest BCUT2D eigenvalue weighted by Crippen LogP contribution is -2.68. The van der Waals surface area contributed by atoms with E-state index in [0.29, 0.717) is 30.4 Å². The molecule has 4 aliphatic rings. The largest absolute Gasteiger partial charge is 0.497 e. The van der Waals surface area contributed by atoms with Crippen LogP contribution in [0.4, 0.5) is 22.4 Å². The lowest BCUT2D eigenvalue weighted by Gasteiger charge is -2.45. The molecule has 1 aromatic heterocycles. The quantitative estimate of drug-likeness (QED) is 0.209. The number of halogens is 4. The minimum Gasteiger partial charge on any atom is -0.497 e. The molecule has 336 valence electrons. The Kier molecular flexibility index (Phi) is 12.5. The topological polar surface area (TPSA) is 203 Å². The van der Waals surface area contributed by atoms with Crippen molar-refractivity contribution in [2.24, 2.45) is 5.92 Å². The maximum atomic E-state index is 15.1. The van der Waals surface area contributed by atoms with Crippen LogP contribution in [0.3, 0.4) is 0 Å². The van der Waals surface area contributed by atoms with E-state index < -0.39 is 105 Å². The van der Waals surface area contributed by atoms with E-state index in [-0.39, 0.29) is 61.6 Å². The highest BCUT2D eigenvalue weighted by molar-refractivity contribution is 7.91. The van der Waals surface area contributed by atoms with Crippen molar-refractivity contribution in [3.63, 3.8) is 0 Å². The number of nitrogens with one attached hydrogen (secondary N) is 2. The Morgan fingerprint density at radius 1 is 1.15 bits per heavy atom.